The lowest BCUT2D eigenvalue weighted by atomic mass is 10.1. The number of halogens is 1. The van der Waals surface area contributed by atoms with E-state index in [-0.39, 0.29) is 18.6 Å². The molecule has 0 spiro atoms. The lowest BCUT2D eigenvalue weighted by Gasteiger charge is -2.08. The summed E-state index contributed by atoms with van der Waals surface area (Å²) in [6.45, 7) is 3.66. The lowest BCUT2D eigenvalue weighted by molar-refractivity contribution is 0.0926. The van der Waals surface area contributed by atoms with Crippen LogP contribution in [0.1, 0.15) is 22.2 Å². The number of thiophene rings is 1. The molecule has 1 atom stereocenters. The fourth-order valence-electron chi connectivity index (χ4n) is 1.85. The van der Waals surface area contributed by atoms with Gasteiger partial charge in [0.25, 0.3) is 5.91 Å². The number of amides is 1. The second kappa shape index (κ2) is 6.39. The highest BCUT2D eigenvalue weighted by molar-refractivity contribution is 7.17. The SMILES string of the molecule is Cc1cc(C(=O)NC(C)CO)sc1-c1cccc(Cl)c1. The van der Waals surface area contributed by atoms with E-state index < -0.39 is 0 Å². The molecule has 3 nitrogen and oxygen atoms in total. The van der Waals surface area contributed by atoms with Crippen LogP contribution in [0, 0.1) is 6.92 Å². The summed E-state index contributed by atoms with van der Waals surface area (Å²) in [6, 6.07) is 9.19. The van der Waals surface area contributed by atoms with Crippen LogP contribution in [0.4, 0.5) is 0 Å². The molecule has 106 valence electrons. The van der Waals surface area contributed by atoms with Gasteiger partial charge in [-0.25, -0.2) is 0 Å². The zero-order chi connectivity index (χ0) is 14.7. The normalized spacial score (nSPS) is 12.2. The highest BCUT2D eigenvalue weighted by Crippen LogP contribution is 2.33. The van der Waals surface area contributed by atoms with E-state index in [0.717, 1.165) is 16.0 Å². The average Bonchev–Trinajstić information content (AvgIpc) is 2.80. The molecule has 0 fully saturated rings. The van der Waals surface area contributed by atoms with Crippen molar-refractivity contribution in [2.24, 2.45) is 0 Å². The maximum absolute atomic E-state index is 12.0. The molecule has 2 rings (SSSR count). The summed E-state index contributed by atoms with van der Waals surface area (Å²) in [5, 5.41) is 12.4. The Kier molecular flexibility index (Phi) is 4.81. The first-order chi connectivity index (χ1) is 9.51. The number of benzene rings is 1. The van der Waals surface area contributed by atoms with Crippen molar-refractivity contribution in [3.63, 3.8) is 0 Å². The molecule has 1 aromatic heterocycles. The van der Waals surface area contributed by atoms with Crippen molar-refractivity contribution in [2.45, 2.75) is 19.9 Å². The molecular weight excluding hydrogens is 294 g/mol. The first-order valence-corrected chi connectivity index (χ1v) is 7.49. The molecule has 5 heteroatoms. The molecule has 1 unspecified atom stereocenters. The fraction of sp³-hybridized carbons (Fsp3) is 0.267. The molecule has 0 saturated carbocycles. The Balaban J connectivity index is 2.28. The average molecular weight is 310 g/mol. The van der Waals surface area contributed by atoms with Crippen LogP contribution < -0.4 is 5.32 Å². The van der Waals surface area contributed by atoms with Crippen molar-refractivity contribution in [3.05, 3.63) is 45.8 Å². The van der Waals surface area contributed by atoms with Crippen molar-refractivity contribution in [1.29, 1.82) is 0 Å². The summed E-state index contributed by atoms with van der Waals surface area (Å²) < 4.78 is 0. The third kappa shape index (κ3) is 3.39. The van der Waals surface area contributed by atoms with Crippen LogP contribution in [0.2, 0.25) is 5.02 Å². The molecular formula is C15H16ClNO2S. The topological polar surface area (TPSA) is 49.3 Å². The number of aliphatic hydroxyl groups excluding tert-OH is 1. The molecule has 2 aromatic rings. The maximum atomic E-state index is 12.0. The fourth-order valence-corrected chi connectivity index (χ4v) is 3.11. The van der Waals surface area contributed by atoms with Gasteiger partial charge in [0, 0.05) is 15.9 Å². The minimum absolute atomic E-state index is 0.0722. The van der Waals surface area contributed by atoms with Gasteiger partial charge in [0.1, 0.15) is 0 Å². The van der Waals surface area contributed by atoms with E-state index in [9.17, 15) is 4.79 Å². The Hall–Kier alpha value is -1.36. The Labute approximate surface area is 127 Å². The number of carbonyl (C=O) groups is 1. The van der Waals surface area contributed by atoms with Crippen molar-refractivity contribution in [1.82, 2.24) is 5.32 Å². The zero-order valence-corrected chi connectivity index (χ0v) is 12.9. The quantitative estimate of drug-likeness (QED) is 0.908. The Morgan fingerprint density at radius 1 is 1.45 bits per heavy atom. The highest BCUT2D eigenvalue weighted by Gasteiger charge is 2.15. The Bertz CT molecular complexity index is 624. The number of nitrogens with one attached hydrogen (secondary N) is 1. The summed E-state index contributed by atoms with van der Waals surface area (Å²) >= 11 is 7.43. The molecule has 20 heavy (non-hydrogen) atoms. The Morgan fingerprint density at radius 3 is 2.85 bits per heavy atom. The monoisotopic (exact) mass is 309 g/mol. The van der Waals surface area contributed by atoms with E-state index in [1.54, 1.807) is 6.92 Å². The van der Waals surface area contributed by atoms with E-state index in [1.807, 2.05) is 37.3 Å². The van der Waals surface area contributed by atoms with Gasteiger partial charge >= 0.3 is 0 Å². The van der Waals surface area contributed by atoms with Crippen LogP contribution in [-0.2, 0) is 0 Å². The molecule has 0 aliphatic heterocycles. The Morgan fingerprint density at radius 2 is 2.20 bits per heavy atom. The summed E-state index contributed by atoms with van der Waals surface area (Å²) in [5.41, 5.74) is 2.05. The molecule has 0 bridgehead atoms. The highest BCUT2D eigenvalue weighted by atomic mass is 35.5. The number of carbonyl (C=O) groups excluding carboxylic acids is 1. The van der Waals surface area contributed by atoms with Gasteiger partial charge in [0.2, 0.25) is 0 Å². The van der Waals surface area contributed by atoms with Crippen LogP contribution in [0.15, 0.2) is 30.3 Å². The molecule has 1 amide bonds. The van der Waals surface area contributed by atoms with Gasteiger partial charge in [-0.2, -0.15) is 0 Å². The van der Waals surface area contributed by atoms with Crippen molar-refractivity contribution < 1.29 is 9.90 Å². The number of hydrogen-bond donors (Lipinski definition) is 2. The number of hydrogen-bond acceptors (Lipinski definition) is 3. The van der Waals surface area contributed by atoms with E-state index in [4.69, 9.17) is 16.7 Å². The van der Waals surface area contributed by atoms with E-state index in [0.29, 0.717) is 9.90 Å². The first-order valence-electron chi connectivity index (χ1n) is 6.29. The van der Waals surface area contributed by atoms with Crippen molar-refractivity contribution in [3.8, 4) is 10.4 Å². The zero-order valence-electron chi connectivity index (χ0n) is 11.3. The van der Waals surface area contributed by atoms with Gasteiger partial charge in [0.15, 0.2) is 0 Å². The predicted octanol–water partition coefficient (Wildman–Crippen LogP) is 3.49. The predicted molar refractivity (Wildman–Crippen MR) is 83.5 cm³/mol. The minimum Gasteiger partial charge on any atom is -0.394 e. The molecule has 0 saturated heterocycles. The second-order valence-electron chi connectivity index (χ2n) is 4.69. The van der Waals surface area contributed by atoms with Gasteiger partial charge in [0.05, 0.1) is 11.5 Å². The third-order valence-corrected chi connectivity index (χ3v) is 4.40. The standard InChI is InChI=1S/C15H16ClNO2S/c1-9-6-13(15(19)17-10(2)8-18)20-14(9)11-4-3-5-12(16)7-11/h3-7,10,18H,8H2,1-2H3,(H,17,19). The molecule has 1 heterocycles. The molecule has 1 aromatic carbocycles. The summed E-state index contributed by atoms with van der Waals surface area (Å²) in [4.78, 5) is 13.7. The van der Waals surface area contributed by atoms with Crippen LogP contribution in [0.3, 0.4) is 0 Å². The van der Waals surface area contributed by atoms with Crippen LogP contribution in [0.5, 0.6) is 0 Å². The summed E-state index contributed by atoms with van der Waals surface area (Å²) in [7, 11) is 0. The molecule has 2 N–H and O–H groups in total. The lowest BCUT2D eigenvalue weighted by Crippen LogP contribution is -2.34. The summed E-state index contributed by atoms with van der Waals surface area (Å²) in [5.74, 6) is -0.159. The van der Waals surface area contributed by atoms with Gasteiger partial charge in [-0.3, -0.25) is 4.79 Å². The minimum atomic E-state index is -0.250. The smallest absolute Gasteiger partial charge is 0.261 e. The van der Waals surface area contributed by atoms with Gasteiger partial charge in [-0.15, -0.1) is 11.3 Å². The van der Waals surface area contributed by atoms with Gasteiger partial charge in [-0.1, -0.05) is 23.7 Å². The van der Waals surface area contributed by atoms with Gasteiger partial charge in [-0.05, 0) is 43.2 Å². The molecule has 0 radical (unpaired) electrons. The van der Waals surface area contributed by atoms with Crippen molar-refractivity contribution in [2.75, 3.05) is 6.61 Å². The van der Waals surface area contributed by atoms with Crippen molar-refractivity contribution >= 4 is 28.8 Å². The second-order valence-corrected chi connectivity index (χ2v) is 6.18. The first kappa shape index (κ1) is 15.0. The maximum Gasteiger partial charge on any atom is 0.261 e. The van der Waals surface area contributed by atoms with Gasteiger partial charge < -0.3 is 10.4 Å². The van der Waals surface area contributed by atoms with Crippen LogP contribution in [-0.4, -0.2) is 23.7 Å². The third-order valence-electron chi connectivity index (χ3n) is 2.88. The van der Waals surface area contributed by atoms with Crippen LogP contribution >= 0.6 is 22.9 Å². The molecule has 0 aliphatic carbocycles. The van der Waals surface area contributed by atoms with Crippen LogP contribution in [0.25, 0.3) is 10.4 Å². The largest absolute Gasteiger partial charge is 0.394 e. The van der Waals surface area contributed by atoms with E-state index >= 15 is 0 Å². The number of aliphatic hydroxyl groups is 1. The van der Waals surface area contributed by atoms with E-state index in [1.165, 1.54) is 11.3 Å². The summed E-state index contributed by atoms with van der Waals surface area (Å²) in [6.07, 6.45) is 0. The number of rotatable bonds is 4. The number of aryl methyl sites for hydroxylation is 1. The molecule has 0 aliphatic rings. The van der Waals surface area contributed by atoms with E-state index in [2.05, 4.69) is 5.32 Å².